The lowest BCUT2D eigenvalue weighted by molar-refractivity contribution is -0.137. The highest BCUT2D eigenvalue weighted by atomic mass is 79.9. The number of nitrogens with zero attached hydrogens (tertiary/aromatic N) is 4. The van der Waals surface area contributed by atoms with Crippen LogP contribution < -0.4 is 0 Å². The standard InChI is InChI=1S/C12H5BrClF3N4/c13-6-3-9-10(14)19-11(20-21(9)5-6)7-4-18-2-1-8(7)12(15,16)17/h1-5H. The smallest absolute Gasteiger partial charge is 0.264 e. The van der Waals surface area contributed by atoms with E-state index in [0.29, 0.717) is 9.99 Å². The minimum atomic E-state index is -4.53. The van der Waals surface area contributed by atoms with E-state index in [1.165, 1.54) is 4.52 Å². The van der Waals surface area contributed by atoms with Crippen molar-refractivity contribution in [2.45, 2.75) is 6.18 Å². The van der Waals surface area contributed by atoms with Gasteiger partial charge in [0.2, 0.25) is 0 Å². The van der Waals surface area contributed by atoms with Gasteiger partial charge in [-0.05, 0) is 28.1 Å². The molecule has 0 radical (unpaired) electrons. The fraction of sp³-hybridized carbons (Fsp3) is 0.0833. The van der Waals surface area contributed by atoms with Crippen LogP contribution in [0.15, 0.2) is 35.2 Å². The molecule has 3 heterocycles. The van der Waals surface area contributed by atoms with Crippen LogP contribution in [0.1, 0.15) is 5.56 Å². The molecule has 3 rings (SSSR count). The number of hydrogen-bond donors (Lipinski definition) is 0. The number of aromatic nitrogens is 4. The summed E-state index contributed by atoms with van der Waals surface area (Å²) in [5, 5.41) is 4.11. The van der Waals surface area contributed by atoms with Crippen molar-refractivity contribution >= 4 is 33.0 Å². The highest BCUT2D eigenvalue weighted by Crippen LogP contribution is 2.35. The van der Waals surface area contributed by atoms with Gasteiger partial charge in [-0.2, -0.15) is 13.2 Å². The summed E-state index contributed by atoms with van der Waals surface area (Å²) in [5.74, 6) is -0.143. The fourth-order valence-electron chi connectivity index (χ4n) is 1.87. The molecule has 0 aliphatic rings. The van der Waals surface area contributed by atoms with Crippen LogP contribution in [0.4, 0.5) is 13.2 Å². The first-order chi connectivity index (χ1) is 9.86. The van der Waals surface area contributed by atoms with Gasteiger partial charge in [0.15, 0.2) is 11.0 Å². The van der Waals surface area contributed by atoms with Crippen LogP contribution in [0.2, 0.25) is 5.15 Å². The molecule has 0 fully saturated rings. The molecule has 0 saturated heterocycles. The number of hydrogen-bond acceptors (Lipinski definition) is 3. The van der Waals surface area contributed by atoms with Gasteiger partial charge >= 0.3 is 6.18 Å². The van der Waals surface area contributed by atoms with Crippen LogP contribution in [0.25, 0.3) is 16.9 Å². The molecule has 0 saturated carbocycles. The maximum Gasteiger partial charge on any atom is 0.417 e. The third kappa shape index (κ3) is 2.60. The molecule has 0 aromatic carbocycles. The molecule has 9 heteroatoms. The number of pyridine rings is 1. The van der Waals surface area contributed by atoms with Crippen LogP contribution in [-0.4, -0.2) is 19.6 Å². The molecule has 0 atom stereocenters. The molecule has 3 aromatic heterocycles. The van der Waals surface area contributed by atoms with E-state index < -0.39 is 11.7 Å². The number of halogens is 5. The van der Waals surface area contributed by atoms with Gasteiger partial charge in [0, 0.05) is 23.1 Å². The van der Waals surface area contributed by atoms with Gasteiger partial charge in [0.25, 0.3) is 0 Å². The Balaban J connectivity index is 2.26. The zero-order chi connectivity index (χ0) is 15.2. The molecular weight excluding hydrogens is 373 g/mol. The molecule has 0 bridgehead atoms. The second-order valence-electron chi connectivity index (χ2n) is 4.13. The Kier molecular flexibility index (Phi) is 3.37. The summed E-state index contributed by atoms with van der Waals surface area (Å²) >= 11 is 9.24. The van der Waals surface area contributed by atoms with Crippen molar-refractivity contribution in [3.8, 4) is 11.4 Å². The summed E-state index contributed by atoms with van der Waals surface area (Å²) in [6, 6.07) is 2.54. The topological polar surface area (TPSA) is 43.1 Å². The summed E-state index contributed by atoms with van der Waals surface area (Å²) in [4.78, 5) is 7.64. The van der Waals surface area contributed by atoms with Crippen LogP contribution in [0.3, 0.4) is 0 Å². The van der Waals surface area contributed by atoms with E-state index in [0.717, 1.165) is 18.5 Å². The van der Waals surface area contributed by atoms with Crippen molar-refractivity contribution in [3.63, 3.8) is 0 Å². The molecule has 0 N–H and O–H groups in total. The fourth-order valence-corrected chi connectivity index (χ4v) is 2.50. The Morgan fingerprint density at radius 3 is 2.76 bits per heavy atom. The third-order valence-corrected chi connectivity index (χ3v) is 3.46. The summed E-state index contributed by atoms with van der Waals surface area (Å²) < 4.78 is 41.1. The quantitative estimate of drug-likeness (QED) is 0.637. The van der Waals surface area contributed by atoms with E-state index in [2.05, 4.69) is 31.0 Å². The third-order valence-electron chi connectivity index (χ3n) is 2.75. The van der Waals surface area contributed by atoms with Crippen LogP contribution in [0.5, 0.6) is 0 Å². The Bertz CT molecular complexity index is 831. The van der Waals surface area contributed by atoms with Gasteiger partial charge < -0.3 is 0 Å². The van der Waals surface area contributed by atoms with E-state index >= 15 is 0 Å². The summed E-state index contributed by atoms with van der Waals surface area (Å²) in [5.41, 5.74) is -0.595. The molecular formula is C12H5BrClF3N4. The van der Waals surface area contributed by atoms with Crippen molar-refractivity contribution in [2.75, 3.05) is 0 Å². The molecule has 4 nitrogen and oxygen atoms in total. The first-order valence-corrected chi connectivity index (χ1v) is 6.76. The van der Waals surface area contributed by atoms with Gasteiger partial charge in [-0.1, -0.05) is 11.6 Å². The van der Waals surface area contributed by atoms with Crippen LogP contribution >= 0.6 is 27.5 Å². The van der Waals surface area contributed by atoms with Crippen molar-refractivity contribution in [2.24, 2.45) is 0 Å². The number of alkyl halides is 3. The molecule has 108 valence electrons. The Labute approximate surface area is 129 Å². The number of fused-ring (bicyclic) bond motifs is 1. The Morgan fingerprint density at radius 1 is 1.29 bits per heavy atom. The van der Waals surface area contributed by atoms with Gasteiger partial charge in [-0.3, -0.25) is 4.98 Å². The van der Waals surface area contributed by atoms with Crippen LogP contribution in [-0.2, 0) is 6.18 Å². The molecule has 21 heavy (non-hydrogen) atoms. The largest absolute Gasteiger partial charge is 0.417 e. The lowest BCUT2D eigenvalue weighted by Gasteiger charge is -2.11. The van der Waals surface area contributed by atoms with Gasteiger partial charge in [0.1, 0.15) is 5.52 Å². The van der Waals surface area contributed by atoms with E-state index in [1.54, 1.807) is 12.3 Å². The second kappa shape index (κ2) is 4.96. The van der Waals surface area contributed by atoms with E-state index in [4.69, 9.17) is 11.6 Å². The van der Waals surface area contributed by atoms with Crippen molar-refractivity contribution < 1.29 is 13.2 Å². The highest BCUT2D eigenvalue weighted by molar-refractivity contribution is 9.10. The van der Waals surface area contributed by atoms with E-state index in [1.807, 2.05) is 0 Å². The Hall–Kier alpha value is -1.67. The first-order valence-electron chi connectivity index (χ1n) is 5.59. The van der Waals surface area contributed by atoms with Crippen LogP contribution in [0, 0.1) is 0 Å². The second-order valence-corrected chi connectivity index (χ2v) is 5.41. The lowest BCUT2D eigenvalue weighted by Crippen LogP contribution is -2.09. The highest BCUT2D eigenvalue weighted by Gasteiger charge is 2.34. The normalized spacial score (nSPS) is 12.0. The van der Waals surface area contributed by atoms with Crippen molar-refractivity contribution in [3.05, 3.63) is 45.9 Å². The van der Waals surface area contributed by atoms with Gasteiger partial charge in [-0.15, -0.1) is 5.10 Å². The zero-order valence-electron chi connectivity index (χ0n) is 10.1. The summed E-state index contributed by atoms with van der Waals surface area (Å²) in [6.07, 6.45) is -0.812. The zero-order valence-corrected chi connectivity index (χ0v) is 12.4. The first kappa shape index (κ1) is 14.3. The van der Waals surface area contributed by atoms with Gasteiger partial charge in [-0.25, -0.2) is 9.50 Å². The molecule has 0 aliphatic carbocycles. The predicted molar refractivity (Wildman–Crippen MR) is 73.9 cm³/mol. The lowest BCUT2D eigenvalue weighted by atomic mass is 10.1. The van der Waals surface area contributed by atoms with Gasteiger partial charge in [0.05, 0.1) is 11.1 Å². The van der Waals surface area contributed by atoms with E-state index in [-0.39, 0.29) is 16.5 Å². The minimum Gasteiger partial charge on any atom is -0.264 e. The molecule has 0 spiro atoms. The maximum absolute atomic E-state index is 13.0. The van der Waals surface area contributed by atoms with Crippen molar-refractivity contribution in [1.82, 2.24) is 19.6 Å². The van der Waals surface area contributed by atoms with E-state index in [9.17, 15) is 13.2 Å². The molecule has 0 unspecified atom stereocenters. The minimum absolute atomic E-state index is 0.0580. The maximum atomic E-state index is 13.0. The predicted octanol–water partition coefficient (Wildman–Crippen LogP) is 4.23. The monoisotopic (exact) mass is 376 g/mol. The van der Waals surface area contributed by atoms with Crippen molar-refractivity contribution in [1.29, 1.82) is 0 Å². The average molecular weight is 378 g/mol. The SMILES string of the molecule is FC(F)(F)c1ccncc1-c1nc(Cl)c2cc(Br)cn2n1. The molecule has 0 amide bonds. The average Bonchev–Trinajstić information content (AvgIpc) is 2.79. The summed E-state index contributed by atoms with van der Waals surface area (Å²) in [6.45, 7) is 0. The Morgan fingerprint density at radius 2 is 2.05 bits per heavy atom. The summed E-state index contributed by atoms with van der Waals surface area (Å²) in [7, 11) is 0. The molecule has 0 aliphatic heterocycles. The molecule has 3 aromatic rings. The number of rotatable bonds is 1.